The van der Waals surface area contributed by atoms with Crippen molar-refractivity contribution in [1.82, 2.24) is 0 Å². The Bertz CT molecular complexity index is 807. The predicted octanol–water partition coefficient (Wildman–Crippen LogP) is 4.34. The highest BCUT2D eigenvalue weighted by atomic mass is 16.2. The minimum atomic E-state index is -0.477. The Balaban J connectivity index is 1.93. The summed E-state index contributed by atoms with van der Waals surface area (Å²) in [5.41, 5.74) is 4.13. The fourth-order valence-corrected chi connectivity index (χ4v) is 2.23. The van der Waals surface area contributed by atoms with Crippen molar-refractivity contribution in [3.05, 3.63) is 53.6 Å². The Labute approximate surface area is 155 Å². The van der Waals surface area contributed by atoms with Gasteiger partial charge in [0.05, 0.1) is 6.54 Å². The number of benzene rings is 2. The molecule has 0 saturated heterocycles. The molecule has 2 rings (SSSR count). The van der Waals surface area contributed by atoms with Crippen LogP contribution in [0.25, 0.3) is 0 Å². The number of hydrogen-bond acceptors (Lipinski definition) is 3. The Hall–Kier alpha value is -2.82. The average molecular weight is 353 g/mol. The summed E-state index contributed by atoms with van der Waals surface area (Å²) in [6, 6.07) is 13.1. The molecule has 0 atom stereocenters. The molecule has 0 aliphatic heterocycles. The molecule has 26 heavy (non-hydrogen) atoms. The molecule has 0 saturated carbocycles. The van der Waals surface area contributed by atoms with Gasteiger partial charge < -0.3 is 16.0 Å². The Morgan fingerprint density at radius 3 is 2.12 bits per heavy atom. The number of aryl methyl sites for hydroxylation is 2. The zero-order chi connectivity index (χ0) is 19.3. The number of hydrogen-bond donors (Lipinski definition) is 3. The van der Waals surface area contributed by atoms with Gasteiger partial charge in [-0.3, -0.25) is 9.59 Å². The lowest BCUT2D eigenvalue weighted by molar-refractivity contribution is -0.123. The van der Waals surface area contributed by atoms with Gasteiger partial charge in [0.1, 0.15) is 0 Å². The second-order valence-corrected chi connectivity index (χ2v) is 7.49. The molecule has 0 radical (unpaired) electrons. The van der Waals surface area contributed by atoms with Gasteiger partial charge in [-0.25, -0.2) is 0 Å². The lowest BCUT2D eigenvalue weighted by atomic mass is 9.95. The lowest BCUT2D eigenvalue weighted by Crippen LogP contribution is -2.27. The van der Waals surface area contributed by atoms with E-state index in [-0.39, 0.29) is 18.4 Å². The molecule has 5 heteroatoms. The Kier molecular flexibility index (Phi) is 6.03. The van der Waals surface area contributed by atoms with E-state index in [1.165, 1.54) is 11.1 Å². The number of carbonyl (C=O) groups is 2. The van der Waals surface area contributed by atoms with Crippen molar-refractivity contribution in [3.63, 3.8) is 0 Å². The lowest BCUT2D eigenvalue weighted by Gasteiger charge is -2.18. The molecule has 2 aromatic carbocycles. The maximum Gasteiger partial charge on any atom is 0.243 e. The van der Waals surface area contributed by atoms with Crippen LogP contribution < -0.4 is 16.0 Å². The summed E-state index contributed by atoms with van der Waals surface area (Å²) in [5.74, 6) is -0.222. The van der Waals surface area contributed by atoms with E-state index in [2.05, 4.69) is 22.9 Å². The van der Waals surface area contributed by atoms with Gasteiger partial charge in [-0.2, -0.15) is 0 Å². The van der Waals surface area contributed by atoms with E-state index in [0.29, 0.717) is 11.4 Å². The van der Waals surface area contributed by atoms with Crippen LogP contribution in [0.2, 0.25) is 0 Å². The summed E-state index contributed by atoms with van der Waals surface area (Å²) in [4.78, 5) is 24.2. The number of rotatable bonds is 5. The van der Waals surface area contributed by atoms with E-state index in [4.69, 9.17) is 0 Å². The molecule has 0 aromatic heterocycles. The second kappa shape index (κ2) is 8.04. The molecular weight excluding hydrogens is 326 g/mol. The Morgan fingerprint density at radius 2 is 1.50 bits per heavy atom. The van der Waals surface area contributed by atoms with Crippen LogP contribution in [0.1, 0.15) is 31.9 Å². The zero-order valence-corrected chi connectivity index (χ0v) is 16.1. The monoisotopic (exact) mass is 353 g/mol. The van der Waals surface area contributed by atoms with Crippen LogP contribution in [0.5, 0.6) is 0 Å². The minimum Gasteiger partial charge on any atom is -0.376 e. The summed E-state index contributed by atoms with van der Waals surface area (Å²) in [7, 11) is 0. The maximum atomic E-state index is 12.2. The first-order valence-corrected chi connectivity index (χ1v) is 8.67. The third-order valence-corrected chi connectivity index (χ3v) is 4.05. The van der Waals surface area contributed by atoms with E-state index in [1.807, 2.05) is 45.9 Å². The first kappa shape index (κ1) is 19.5. The van der Waals surface area contributed by atoms with Crippen molar-refractivity contribution in [3.8, 4) is 0 Å². The first-order valence-electron chi connectivity index (χ1n) is 8.67. The van der Waals surface area contributed by atoms with E-state index in [9.17, 15) is 9.59 Å². The van der Waals surface area contributed by atoms with E-state index < -0.39 is 5.41 Å². The van der Waals surface area contributed by atoms with Gasteiger partial charge in [0, 0.05) is 22.5 Å². The molecule has 0 fully saturated rings. The molecule has 0 bridgehead atoms. The fraction of sp³-hybridized carbons (Fsp3) is 0.333. The van der Waals surface area contributed by atoms with Gasteiger partial charge in [-0.15, -0.1) is 0 Å². The van der Waals surface area contributed by atoms with Gasteiger partial charge >= 0.3 is 0 Å². The second-order valence-electron chi connectivity index (χ2n) is 7.49. The molecular formula is C21H27N3O2. The number of anilines is 3. The molecule has 2 aromatic rings. The zero-order valence-electron chi connectivity index (χ0n) is 16.1. The molecule has 0 spiro atoms. The highest BCUT2D eigenvalue weighted by Gasteiger charge is 2.21. The molecule has 5 nitrogen and oxygen atoms in total. The van der Waals surface area contributed by atoms with Crippen molar-refractivity contribution in [2.45, 2.75) is 34.6 Å². The quantitative estimate of drug-likeness (QED) is 0.749. The smallest absolute Gasteiger partial charge is 0.243 e. The van der Waals surface area contributed by atoms with E-state index in [1.54, 1.807) is 24.3 Å². The molecule has 0 unspecified atom stereocenters. The van der Waals surface area contributed by atoms with Gasteiger partial charge in [0.15, 0.2) is 0 Å². The molecule has 138 valence electrons. The Morgan fingerprint density at radius 1 is 0.846 bits per heavy atom. The maximum absolute atomic E-state index is 12.2. The van der Waals surface area contributed by atoms with Crippen LogP contribution in [0.3, 0.4) is 0 Å². The fourth-order valence-electron chi connectivity index (χ4n) is 2.23. The predicted molar refractivity (Wildman–Crippen MR) is 108 cm³/mol. The largest absolute Gasteiger partial charge is 0.376 e. The molecule has 2 amide bonds. The molecule has 0 aliphatic carbocycles. The van der Waals surface area contributed by atoms with Crippen LogP contribution in [0, 0.1) is 19.3 Å². The van der Waals surface area contributed by atoms with Gasteiger partial charge in [-0.1, -0.05) is 32.9 Å². The van der Waals surface area contributed by atoms with Crippen LogP contribution in [0.4, 0.5) is 17.1 Å². The van der Waals surface area contributed by atoms with Crippen molar-refractivity contribution in [2.75, 3.05) is 22.5 Å². The van der Waals surface area contributed by atoms with Crippen LogP contribution in [-0.4, -0.2) is 18.4 Å². The van der Waals surface area contributed by atoms with Gasteiger partial charge in [0.2, 0.25) is 11.8 Å². The summed E-state index contributed by atoms with van der Waals surface area (Å²) in [5, 5.41) is 8.81. The van der Waals surface area contributed by atoms with Crippen LogP contribution >= 0.6 is 0 Å². The third-order valence-electron chi connectivity index (χ3n) is 4.05. The van der Waals surface area contributed by atoms with Gasteiger partial charge in [0.25, 0.3) is 0 Å². The van der Waals surface area contributed by atoms with E-state index >= 15 is 0 Å². The summed E-state index contributed by atoms with van der Waals surface area (Å²) >= 11 is 0. The first-order chi connectivity index (χ1) is 12.1. The summed E-state index contributed by atoms with van der Waals surface area (Å²) in [6.07, 6.45) is 0. The van der Waals surface area contributed by atoms with Gasteiger partial charge in [-0.05, 0) is 55.3 Å². The SMILES string of the molecule is Cc1ccc(NCC(=O)Nc2cccc(NC(=O)C(C)(C)C)c2)cc1C. The molecule has 0 aliphatic rings. The van der Waals surface area contributed by atoms with Crippen LogP contribution in [-0.2, 0) is 9.59 Å². The third kappa shape index (κ3) is 5.62. The molecule has 3 N–H and O–H groups in total. The summed E-state index contributed by atoms with van der Waals surface area (Å²) < 4.78 is 0. The normalized spacial score (nSPS) is 11.0. The number of amides is 2. The van der Waals surface area contributed by atoms with Crippen molar-refractivity contribution >= 4 is 28.9 Å². The topological polar surface area (TPSA) is 70.2 Å². The minimum absolute atomic E-state index is 0.0719. The highest BCUT2D eigenvalue weighted by molar-refractivity contribution is 5.97. The van der Waals surface area contributed by atoms with Crippen molar-refractivity contribution in [1.29, 1.82) is 0 Å². The number of carbonyl (C=O) groups excluding carboxylic acids is 2. The average Bonchev–Trinajstić information content (AvgIpc) is 2.55. The van der Waals surface area contributed by atoms with Crippen molar-refractivity contribution in [2.24, 2.45) is 5.41 Å². The molecule has 0 heterocycles. The van der Waals surface area contributed by atoms with E-state index in [0.717, 1.165) is 5.69 Å². The summed E-state index contributed by atoms with van der Waals surface area (Å²) in [6.45, 7) is 9.82. The standard InChI is InChI=1S/C21H27N3O2/c1-14-9-10-16(11-15(14)2)22-13-19(25)23-17-7-6-8-18(12-17)24-20(26)21(3,4)5/h6-12,22H,13H2,1-5H3,(H,23,25)(H,24,26). The van der Waals surface area contributed by atoms with Crippen molar-refractivity contribution < 1.29 is 9.59 Å². The van der Waals surface area contributed by atoms with Crippen LogP contribution in [0.15, 0.2) is 42.5 Å². The highest BCUT2D eigenvalue weighted by Crippen LogP contribution is 2.20. The number of nitrogens with one attached hydrogen (secondary N) is 3.